The van der Waals surface area contributed by atoms with E-state index in [1.165, 1.54) is 48.8 Å². The molecule has 2 aromatic heterocycles. The van der Waals surface area contributed by atoms with E-state index in [1.807, 2.05) is 0 Å². The molecular formula is C17H12N4O5. The van der Waals surface area contributed by atoms with E-state index >= 15 is 0 Å². The van der Waals surface area contributed by atoms with Crippen LogP contribution in [0.25, 0.3) is 22.0 Å². The van der Waals surface area contributed by atoms with Crippen molar-refractivity contribution in [2.45, 2.75) is 0 Å². The fourth-order valence-corrected chi connectivity index (χ4v) is 2.86. The number of benzene rings is 2. The first-order valence-corrected chi connectivity index (χ1v) is 7.47. The minimum atomic E-state index is -0.506. The van der Waals surface area contributed by atoms with Crippen molar-refractivity contribution in [2.24, 2.45) is 0 Å². The molecule has 130 valence electrons. The second-order valence-corrected chi connectivity index (χ2v) is 5.62. The van der Waals surface area contributed by atoms with Gasteiger partial charge in [-0.3, -0.25) is 4.79 Å². The molecule has 9 heteroatoms. The number of aromatic hydroxyl groups is 2. The Morgan fingerprint density at radius 1 is 1.08 bits per heavy atom. The van der Waals surface area contributed by atoms with Crippen molar-refractivity contribution < 1.29 is 25.4 Å². The molecule has 0 aliphatic rings. The van der Waals surface area contributed by atoms with Crippen LogP contribution in [-0.4, -0.2) is 46.3 Å². The maximum absolute atomic E-state index is 12.7. The number of rotatable bonds is 3. The summed E-state index contributed by atoms with van der Waals surface area (Å²) in [6.07, 6.45) is 2.52. The molecule has 0 fully saturated rings. The van der Waals surface area contributed by atoms with Crippen molar-refractivity contribution in [3.63, 3.8) is 0 Å². The third kappa shape index (κ3) is 2.30. The number of phenols is 2. The third-order valence-electron chi connectivity index (χ3n) is 3.99. The molecule has 0 bridgehead atoms. The maximum Gasteiger partial charge on any atom is 0.214 e. The van der Waals surface area contributed by atoms with Crippen molar-refractivity contribution in [1.29, 1.82) is 0 Å². The zero-order chi connectivity index (χ0) is 18.4. The highest BCUT2D eigenvalue weighted by molar-refractivity contribution is 6.16. The molecule has 0 aliphatic heterocycles. The van der Waals surface area contributed by atoms with Gasteiger partial charge in [0.2, 0.25) is 5.78 Å². The molecule has 4 N–H and O–H groups in total. The number of nitrogens with zero attached hydrogens (tertiary/aromatic N) is 4. The van der Waals surface area contributed by atoms with Crippen molar-refractivity contribution >= 4 is 16.7 Å². The molecule has 2 heterocycles. The summed E-state index contributed by atoms with van der Waals surface area (Å²) in [5, 5.41) is 47.2. The van der Waals surface area contributed by atoms with Crippen LogP contribution in [-0.2, 0) is 0 Å². The van der Waals surface area contributed by atoms with E-state index < -0.39 is 5.78 Å². The number of hydrogen-bond acceptors (Lipinski definition) is 7. The molecule has 4 aromatic rings. The van der Waals surface area contributed by atoms with Gasteiger partial charge in [0.1, 0.15) is 22.7 Å². The van der Waals surface area contributed by atoms with Gasteiger partial charge in [0.25, 0.3) is 0 Å². The largest absolute Gasteiger partial charge is 0.508 e. The van der Waals surface area contributed by atoms with Crippen LogP contribution in [0, 0.1) is 0 Å². The van der Waals surface area contributed by atoms with Gasteiger partial charge < -0.3 is 20.6 Å². The lowest BCUT2D eigenvalue weighted by molar-refractivity contribution is 0.102. The molecule has 0 atom stereocenters. The Morgan fingerprint density at radius 2 is 1.88 bits per heavy atom. The van der Waals surface area contributed by atoms with Gasteiger partial charge in [-0.05, 0) is 24.3 Å². The highest BCUT2D eigenvalue weighted by Crippen LogP contribution is 2.37. The first-order valence-electron chi connectivity index (χ1n) is 7.47. The predicted octanol–water partition coefficient (Wildman–Crippen LogP) is 2.02. The molecule has 9 nitrogen and oxygen atoms in total. The van der Waals surface area contributed by atoms with Gasteiger partial charge >= 0.3 is 0 Å². The first-order chi connectivity index (χ1) is 12.5. The monoisotopic (exact) mass is 352 g/mol. The normalized spacial score (nSPS) is 11.1. The molecule has 0 aliphatic carbocycles. The van der Waals surface area contributed by atoms with Gasteiger partial charge in [-0.2, -0.15) is 0 Å². The SMILES string of the molecule is O=C(c1cccc(O)c1)c1nn(O)c2c(-c3cnn(O)c3)c(O)ccc12. The molecule has 0 amide bonds. The summed E-state index contributed by atoms with van der Waals surface area (Å²) in [4.78, 5) is 13.8. The Balaban J connectivity index is 1.96. The van der Waals surface area contributed by atoms with Crippen LogP contribution in [0.3, 0.4) is 0 Å². The smallest absolute Gasteiger partial charge is 0.214 e. The molecule has 0 unspecified atom stereocenters. The van der Waals surface area contributed by atoms with Crippen molar-refractivity contribution in [3.8, 4) is 22.6 Å². The van der Waals surface area contributed by atoms with Gasteiger partial charge in [-0.1, -0.05) is 12.1 Å². The molecule has 0 saturated carbocycles. The Labute approximate surface area is 145 Å². The van der Waals surface area contributed by atoms with Gasteiger partial charge in [-0.15, -0.1) is 19.9 Å². The first kappa shape index (κ1) is 15.5. The second kappa shape index (κ2) is 5.52. The van der Waals surface area contributed by atoms with E-state index in [-0.39, 0.29) is 33.8 Å². The third-order valence-corrected chi connectivity index (χ3v) is 3.99. The number of phenolic OH excluding ortho intramolecular Hbond substituents is 2. The fraction of sp³-hybridized carbons (Fsp3) is 0. The van der Waals surface area contributed by atoms with Gasteiger partial charge in [0, 0.05) is 16.5 Å². The topological polar surface area (TPSA) is 134 Å². The second-order valence-electron chi connectivity index (χ2n) is 5.62. The van der Waals surface area contributed by atoms with Gasteiger partial charge in [-0.25, -0.2) is 0 Å². The van der Waals surface area contributed by atoms with E-state index in [9.17, 15) is 25.4 Å². The lowest BCUT2D eigenvalue weighted by Gasteiger charge is -2.04. The Morgan fingerprint density at radius 3 is 2.58 bits per heavy atom. The predicted molar refractivity (Wildman–Crippen MR) is 88.5 cm³/mol. The van der Waals surface area contributed by atoms with E-state index in [0.717, 1.165) is 0 Å². The molecule has 4 rings (SSSR count). The number of aromatic nitrogens is 4. The molecule has 0 radical (unpaired) electrons. The summed E-state index contributed by atoms with van der Waals surface area (Å²) >= 11 is 0. The van der Waals surface area contributed by atoms with Crippen LogP contribution >= 0.6 is 0 Å². The Kier molecular flexibility index (Phi) is 3.29. The van der Waals surface area contributed by atoms with Gasteiger partial charge in [0.15, 0.2) is 0 Å². The lowest BCUT2D eigenvalue weighted by Crippen LogP contribution is -2.03. The van der Waals surface area contributed by atoms with Crippen LogP contribution in [0.5, 0.6) is 11.5 Å². The number of fused-ring (bicyclic) bond motifs is 1. The summed E-state index contributed by atoms with van der Waals surface area (Å²) < 4.78 is 0. The standard InChI is InChI=1S/C17H12N4O5/c22-11-3-1-2-9(6-11)17(24)15-12-4-5-13(23)14(16(12)21(26)19-15)10-7-18-20(25)8-10/h1-8,22-23,25-26H. The highest BCUT2D eigenvalue weighted by atomic mass is 16.5. The number of hydrogen-bond donors (Lipinski definition) is 4. The van der Waals surface area contributed by atoms with E-state index in [0.29, 0.717) is 20.6 Å². The summed E-state index contributed by atoms with van der Waals surface area (Å²) in [5.74, 6) is -0.762. The van der Waals surface area contributed by atoms with Crippen LogP contribution in [0.4, 0.5) is 0 Å². The van der Waals surface area contributed by atoms with E-state index in [1.54, 1.807) is 0 Å². The Bertz CT molecular complexity index is 1160. The molecule has 0 spiro atoms. The summed E-state index contributed by atoms with van der Waals surface area (Å²) in [6, 6.07) is 8.57. The van der Waals surface area contributed by atoms with Crippen molar-refractivity contribution in [2.75, 3.05) is 0 Å². The minimum absolute atomic E-state index is 0.0502. The fourth-order valence-electron chi connectivity index (χ4n) is 2.86. The number of carbonyl (C=O) groups excluding carboxylic acids is 1. The van der Waals surface area contributed by atoms with Crippen molar-refractivity contribution in [3.05, 3.63) is 60.0 Å². The van der Waals surface area contributed by atoms with Crippen molar-refractivity contribution in [1.82, 2.24) is 19.9 Å². The minimum Gasteiger partial charge on any atom is -0.508 e. The van der Waals surface area contributed by atoms with Crippen LogP contribution < -0.4 is 0 Å². The summed E-state index contributed by atoms with van der Waals surface area (Å²) in [6.45, 7) is 0. The average Bonchev–Trinajstić information content (AvgIpc) is 3.18. The van der Waals surface area contributed by atoms with Crippen LogP contribution in [0.1, 0.15) is 16.1 Å². The maximum atomic E-state index is 12.7. The zero-order valence-corrected chi connectivity index (χ0v) is 13.1. The lowest BCUT2D eigenvalue weighted by atomic mass is 10.0. The molecule has 0 saturated heterocycles. The summed E-state index contributed by atoms with van der Waals surface area (Å²) in [5.41, 5.74) is 0.713. The molecule has 2 aromatic carbocycles. The zero-order valence-electron chi connectivity index (χ0n) is 13.1. The highest BCUT2D eigenvalue weighted by Gasteiger charge is 2.24. The molecule has 26 heavy (non-hydrogen) atoms. The molecular weight excluding hydrogens is 340 g/mol. The number of ketones is 1. The van der Waals surface area contributed by atoms with E-state index in [2.05, 4.69) is 10.2 Å². The number of carbonyl (C=O) groups is 1. The van der Waals surface area contributed by atoms with Crippen LogP contribution in [0.15, 0.2) is 48.8 Å². The van der Waals surface area contributed by atoms with E-state index in [4.69, 9.17) is 0 Å². The average molecular weight is 352 g/mol. The summed E-state index contributed by atoms with van der Waals surface area (Å²) in [7, 11) is 0. The Hall–Kier alpha value is -4.01. The quantitative estimate of drug-likeness (QED) is 0.327. The van der Waals surface area contributed by atoms with Crippen LogP contribution in [0.2, 0.25) is 0 Å². The van der Waals surface area contributed by atoms with Gasteiger partial charge in [0.05, 0.1) is 18.0 Å².